The van der Waals surface area contributed by atoms with Gasteiger partial charge in [-0.15, -0.1) is 0 Å². The standard InChI is InChI=1S/C15H20N4/c1-19-11-17-10-15(19)14-3-2-13(9-18-14)8-12-4-6-16-7-5-12/h2-3,9-12,16H,4-8H2,1H3. The second kappa shape index (κ2) is 5.53. The molecule has 1 N–H and O–H groups in total. The quantitative estimate of drug-likeness (QED) is 0.913. The van der Waals surface area contributed by atoms with Gasteiger partial charge in [-0.05, 0) is 49.9 Å². The first-order valence-corrected chi connectivity index (χ1v) is 6.95. The molecule has 0 unspecified atom stereocenters. The highest BCUT2D eigenvalue weighted by Gasteiger charge is 2.13. The Morgan fingerprint density at radius 3 is 2.74 bits per heavy atom. The molecule has 2 aromatic heterocycles. The van der Waals surface area contributed by atoms with Crippen LogP contribution in [0.4, 0.5) is 0 Å². The summed E-state index contributed by atoms with van der Waals surface area (Å²) in [7, 11) is 1.99. The van der Waals surface area contributed by atoms with Crippen LogP contribution in [0.2, 0.25) is 0 Å². The lowest BCUT2D eigenvalue weighted by Crippen LogP contribution is -2.28. The van der Waals surface area contributed by atoms with Crippen molar-refractivity contribution in [3.05, 3.63) is 36.4 Å². The predicted molar refractivity (Wildman–Crippen MR) is 75.7 cm³/mol. The maximum atomic E-state index is 4.57. The van der Waals surface area contributed by atoms with E-state index < -0.39 is 0 Å². The van der Waals surface area contributed by atoms with Gasteiger partial charge in [0, 0.05) is 13.2 Å². The topological polar surface area (TPSA) is 42.7 Å². The first-order chi connectivity index (χ1) is 9.33. The second-order valence-electron chi connectivity index (χ2n) is 5.34. The number of rotatable bonds is 3. The number of piperidine rings is 1. The molecule has 1 fully saturated rings. The largest absolute Gasteiger partial charge is 0.332 e. The fraction of sp³-hybridized carbons (Fsp3) is 0.467. The molecule has 0 aromatic carbocycles. The van der Waals surface area contributed by atoms with Gasteiger partial charge in [0.1, 0.15) is 0 Å². The number of hydrogen-bond acceptors (Lipinski definition) is 3. The van der Waals surface area contributed by atoms with E-state index in [-0.39, 0.29) is 0 Å². The molecule has 100 valence electrons. The Labute approximate surface area is 113 Å². The van der Waals surface area contributed by atoms with Gasteiger partial charge in [0.15, 0.2) is 0 Å². The van der Waals surface area contributed by atoms with E-state index in [2.05, 4.69) is 27.4 Å². The number of aromatic nitrogens is 3. The molecule has 4 heteroatoms. The smallest absolute Gasteiger partial charge is 0.0948 e. The Balaban J connectivity index is 1.70. The zero-order chi connectivity index (χ0) is 13.1. The third-order valence-corrected chi connectivity index (χ3v) is 3.89. The minimum absolute atomic E-state index is 0.811. The zero-order valence-corrected chi connectivity index (χ0v) is 11.3. The molecule has 0 saturated carbocycles. The fourth-order valence-electron chi connectivity index (χ4n) is 2.72. The minimum atomic E-state index is 0.811. The summed E-state index contributed by atoms with van der Waals surface area (Å²) in [5.74, 6) is 0.811. The second-order valence-corrected chi connectivity index (χ2v) is 5.34. The van der Waals surface area contributed by atoms with Crippen molar-refractivity contribution in [1.82, 2.24) is 19.9 Å². The Morgan fingerprint density at radius 1 is 1.26 bits per heavy atom. The van der Waals surface area contributed by atoms with Gasteiger partial charge < -0.3 is 9.88 Å². The van der Waals surface area contributed by atoms with Crippen LogP contribution in [0.5, 0.6) is 0 Å². The summed E-state index contributed by atoms with van der Waals surface area (Å²) in [6, 6.07) is 4.31. The van der Waals surface area contributed by atoms with Gasteiger partial charge in [-0.1, -0.05) is 6.07 Å². The maximum absolute atomic E-state index is 4.57. The van der Waals surface area contributed by atoms with Crippen molar-refractivity contribution in [2.24, 2.45) is 13.0 Å². The summed E-state index contributed by atoms with van der Waals surface area (Å²) in [6.45, 7) is 2.32. The van der Waals surface area contributed by atoms with E-state index in [4.69, 9.17) is 0 Å². The molecule has 3 rings (SSSR count). The summed E-state index contributed by atoms with van der Waals surface area (Å²) < 4.78 is 1.99. The lowest BCUT2D eigenvalue weighted by atomic mass is 9.91. The fourth-order valence-corrected chi connectivity index (χ4v) is 2.72. The number of pyridine rings is 1. The Kier molecular flexibility index (Phi) is 3.60. The van der Waals surface area contributed by atoms with Crippen LogP contribution in [0, 0.1) is 5.92 Å². The van der Waals surface area contributed by atoms with Crippen LogP contribution in [0.25, 0.3) is 11.4 Å². The lowest BCUT2D eigenvalue weighted by Gasteiger charge is -2.22. The molecule has 1 aliphatic rings. The van der Waals surface area contributed by atoms with Crippen molar-refractivity contribution in [1.29, 1.82) is 0 Å². The highest BCUT2D eigenvalue weighted by atomic mass is 15.0. The van der Waals surface area contributed by atoms with Crippen molar-refractivity contribution in [3.63, 3.8) is 0 Å². The predicted octanol–water partition coefficient (Wildman–Crippen LogP) is 2.02. The summed E-state index contributed by atoms with van der Waals surface area (Å²) >= 11 is 0. The van der Waals surface area contributed by atoms with E-state index in [1.165, 1.54) is 18.4 Å². The monoisotopic (exact) mass is 256 g/mol. The third-order valence-electron chi connectivity index (χ3n) is 3.89. The van der Waals surface area contributed by atoms with Gasteiger partial charge in [-0.25, -0.2) is 4.98 Å². The highest BCUT2D eigenvalue weighted by Crippen LogP contribution is 2.20. The van der Waals surface area contributed by atoms with Gasteiger partial charge in [-0.3, -0.25) is 4.98 Å². The van der Waals surface area contributed by atoms with Crippen molar-refractivity contribution in [2.45, 2.75) is 19.3 Å². The zero-order valence-electron chi connectivity index (χ0n) is 11.3. The molecule has 0 amide bonds. The van der Waals surface area contributed by atoms with Gasteiger partial charge in [0.2, 0.25) is 0 Å². The SMILES string of the molecule is Cn1cncc1-c1ccc(CC2CCNCC2)cn1. The molecule has 0 aliphatic carbocycles. The van der Waals surface area contributed by atoms with E-state index in [1.807, 2.05) is 24.0 Å². The molecule has 0 bridgehead atoms. The molecular formula is C15H20N4. The molecule has 4 nitrogen and oxygen atoms in total. The van der Waals surface area contributed by atoms with E-state index in [1.54, 1.807) is 6.33 Å². The van der Waals surface area contributed by atoms with Gasteiger partial charge >= 0.3 is 0 Å². The first kappa shape index (κ1) is 12.4. The summed E-state index contributed by atoms with van der Waals surface area (Å²) in [5, 5.41) is 3.41. The van der Waals surface area contributed by atoms with Crippen molar-refractivity contribution in [3.8, 4) is 11.4 Å². The molecule has 1 aliphatic heterocycles. The van der Waals surface area contributed by atoms with Gasteiger partial charge in [0.05, 0.1) is 23.9 Å². The van der Waals surface area contributed by atoms with Gasteiger partial charge in [0.25, 0.3) is 0 Å². The Hall–Kier alpha value is -1.68. The molecule has 3 heterocycles. The Morgan fingerprint density at radius 2 is 2.11 bits per heavy atom. The van der Waals surface area contributed by atoms with Crippen LogP contribution in [0.15, 0.2) is 30.9 Å². The average Bonchev–Trinajstić information content (AvgIpc) is 2.87. The molecule has 0 spiro atoms. The minimum Gasteiger partial charge on any atom is -0.332 e. The van der Waals surface area contributed by atoms with Crippen LogP contribution in [-0.2, 0) is 13.5 Å². The van der Waals surface area contributed by atoms with Gasteiger partial charge in [-0.2, -0.15) is 0 Å². The number of hydrogen-bond donors (Lipinski definition) is 1. The van der Waals surface area contributed by atoms with E-state index in [0.29, 0.717) is 0 Å². The molecular weight excluding hydrogens is 236 g/mol. The number of aryl methyl sites for hydroxylation is 1. The molecule has 2 aromatic rings. The third kappa shape index (κ3) is 2.84. The van der Waals surface area contributed by atoms with Crippen molar-refractivity contribution < 1.29 is 0 Å². The van der Waals surface area contributed by atoms with E-state index >= 15 is 0 Å². The van der Waals surface area contributed by atoms with E-state index in [0.717, 1.165) is 36.8 Å². The van der Waals surface area contributed by atoms with E-state index in [9.17, 15) is 0 Å². The summed E-state index contributed by atoms with van der Waals surface area (Å²) in [6.07, 6.45) is 9.40. The molecule has 0 radical (unpaired) electrons. The molecule has 0 atom stereocenters. The van der Waals surface area contributed by atoms with Crippen LogP contribution in [-0.4, -0.2) is 27.6 Å². The maximum Gasteiger partial charge on any atom is 0.0948 e. The summed E-state index contributed by atoms with van der Waals surface area (Å²) in [5.41, 5.74) is 3.40. The number of imidazole rings is 1. The number of nitrogens with zero attached hydrogens (tertiary/aromatic N) is 3. The van der Waals surface area contributed by atoms with Crippen LogP contribution < -0.4 is 5.32 Å². The van der Waals surface area contributed by atoms with Crippen LogP contribution >= 0.6 is 0 Å². The summed E-state index contributed by atoms with van der Waals surface area (Å²) in [4.78, 5) is 8.70. The van der Waals surface area contributed by atoms with Crippen molar-refractivity contribution >= 4 is 0 Å². The Bertz CT molecular complexity index is 523. The van der Waals surface area contributed by atoms with Crippen molar-refractivity contribution in [2.75, 3.05) is 13.1 Å². The number of nitrogens with one attached hydrogen (secondary N) is 1. The van der Waals surface area contributed by atoms with Crippen LogP contribution in [0.3, 0.4) is 0 Å². The average molecular weight is 256 g/mol. The first-order valence-electron chi connectivity index (χ1n) is 6.95. The highest BCUT2D eigenvalue weighted by molar-refractivity contribution is 5.53. The normalized spacial score (nSPS) is 16.7. The molecule has 1 saturated heterocycles. The van der Waals surface area contributed by atoms with Crippen LogP contribution in [0.1, 0.15) is 18.4 Å². The lowest BCUT2D eigenvalue weighted by molar-refractivity contribution is 0.372. The molecule has 19 heavy (non-hydrogen) atoms.